The van der Waals surface area contributed by atoms with Gasteiger partial charge in [-0.2, -0.15) is 0 Å². The fourth-order valence-electron chi connectivity index (χ4n) is 2.05. The highest BCUT2D eigenvalue weighted by atomic mass is 35.5. The Morgan fingerprint density at radius 2 is 1.95 bits per heavy atom. The average Bonchev–Trinajstić information content (AvgIpc) is 2.33. The standard InChI is InChI=1S/C11H15ClN2O4S2/c1-8-2-5-13-11(12)10(8)14-20(17,18)9-3-6-19(15,16)7-4-9/h2,5,9,14H,3-4,6-7H2,1H3. The predicted octanol–water partition coefficient (Wildman–Crippen LogP) is 1.36. The molecule has 2 rings (SSSR count). The Balaban J connectivity index is 2.20. The molecule has 1 aliphatic heterocycles. The molecule has 0 spiro atoms. The topological polar surface area (TPSA) is 93.2 Å². The summed E-state index contributed by atoms with van der Waals surface area (Å²) in [6.07, 6.45) is 1.70. The third kappa shape index (κ3) is 3.42. The van der Waals surface area contributed by atoms with E-state index in [4.69, 9.17) is 11.6 Å². The number of rotatable bonds is 3. The molecule has 0 amide bonds. The Hall–Kier alpha value is -0.860. The lowest BCUT2D eigenvalue weighted by atomic mass is 10.2. The number of hydrogen-bond donors (Lipinski definition) is 1. The summed E-state index contributed by atoms with van der Waals surface area (Å²) in [6, 6.07) is 1.65. The van der Waals surface area contributed by atoms with E-state index in [1.54, 1.807) is 13.0 Å². The van der Waals surface area contributed by atoms with Crippen LogP contribution in [0.2, 0.25) is 5.15 Å². The number of nitrogens with one attached hydrogen (secondary N) is 1. The third-order valence-electron chi connectivity index (χ3n) is 3.30. The molecule has 0 aliphatic carbocycles. The van der Waals surface area contributed by atoms with E-state index in [9.17, 15) is 16.8 Å². The summed E-state index contributed by atoms with van der Waals surface area (Å²) in [6.45, 7) is 1.72. The second-order valence-corrected chi connectivity index (χ2v) is 9.41. The first kappa shape index (κ1) is 15.5. The molecular weight excluding hydrogens is 324 g/mol. The SMILES string of the molecule is Cc1ccnc(Cl)c1NS(=O)(=O)C1CCS(=O)(=O)CC1. The molecule has 0 atom stereocenters. The van der Waals surface area contributed by atoms with Crippen molar-refractivity contribution in [2.45, 2.75) is 25.0 Å². The second kappa shape index (κ2) is 5.50. The van der Waals surface area contributed by atoms with Gasteiger partial charge in [0.15, 0.2) is 5.15 Å². The molecule has 1 aromatic heterocycles. The first-order valence-corrected chi connectivity index (χ1v) is 9.79. The van der Waals surface area contributed by atoms with Gasteiger partial charge >= 0.3 is 0 Å². The van der Waals surface area contributed by atoms with Gasteiger partial charge in [0.2, 0.25) is 10.0 Å². The molecule has 6 nitrogen and oxygen atoms in total. The maximum absolute atomic E-state index is 12.3. The van der Waals surface area contributed by atoms with Crippen LogP contribution in [0.1, 0.15) is 18.4 Å². The number of halogens is 1. The zero-order chi connectivity index (χ0) is 15.0. The van der Waals surface area contributed by atoms with Gasteiger partial charge in [0.25, 0.3) is 0 Å². The molecule has 0 saturated carbocycles. The number of sulfonamides is 1. The second-order valence-electron chi connectivity index (χ2n) is 4.79. The number of anilines is 1. The van der Waals surface area contributed by atoms with Gasteiger partial charge in [-0.1, -0.05) is 11.6 Å². The monoisotopic (exact) mass is 338 g/mol. The van der Waals surface area contributed by atoms with E-state index < -0.39 is 25.1 Å². The highest BCUT2D eigenvalue weighted by molar-refractivity contribution is 7.94. The van der Waals surface area contributed by atoms with Gasteiger partial charge in [0.1, 0.15) is 9.84 Å². The van der Waals surface area contributed by atoms with Gasteiger partial charge in [-0.15, -0.1) is 0 Å². The van der Waals surface area contributed by atoms with Crippen molar-refractivity contribution in [2.75, 3.05) is 16.2 Å². The number of sulfone groups is 1. The fourth-order valence-corrected chi connectivity index (χ4v) is 5.72. The van der Waals surface area contributed by atoms with Crippen LogP contribution in [0, 0.1) is 6.92 Å². The molecule has 0 radical (unpaired) electrons. The highest BCUT2D eigenvalue weighted by Crippen LogP contribution is 2.27. The lowest BCUT2D eigenvalue weighted by Crippen LogP contribution is -2.36. The molecule has 0 bridgehead atoms. The van der Waals surface area contributed by atoms with Crippen LogP contribution in [0.3, 0.4) is 0 Å². The molecule has 1 N–H and O–H groups in total. The first-order valence-electron chi connectivity index (χ1n) is 6.04. The predicted molar refractivity (Wildman–Crippen MR) is 78.2 cm³/mol. The van der Waals surface area contributed by atoms with Crippen LogP contribution in [-0.2, 0) is 19.9 Å². The van der Waals surface area contributed by atoms with Crippen molar-refractivity contribution >= 4 is 37.1 Å². The molecule has 9 heteroatoms. The van der Waals surface area contributed by atoms with E-state index in [2.05, 4.69) is 9.71 Å². The van der Waals surface area contributed by atoms with Gasteiger partial charge in [0.05, 0.1) is 22.4 Å². The van der Waals surface area contributed by atoms with Crippen LogP contribution in [0.25, 0.3) is 0 Å². The summed E-state index contributed by atoms with van der Waals surface area (Å²) in [5.74, 6) is -0.198. The number of aryl methyl sites for hydroxylation is 1. The molecular formula is C11H15ClN2O4S2. The Bertz CT molecular complexity index is 682. The van der Waals surface area contributed by atoms with Gasteiger partial charge in [-0.25, -0.2) is 21.8 Å². The maximum Gasteiger partial charge on any atom is 0.235 e. The van der Waals surface area contributed by atoms with Crippen molar-refractivity contribution in [1.29, 1.82) is 0 Å². The van der Waals surface area contributed by atoms with Gasteiger partial charge in [-0.05, 0) is 31.4 Å². The molecule has 0 unspecified atom stereocenters. The van der Waals surface area contributed by atoms with Crippen LogP contribution >= 0.6 is 11.6 Å². The molecule has 1 aliphatic rings. The smallest absolute Gasteiger partial charge is 0.235 e. The van der Waals surface area contributed by atoms with E-state index in [0.717, 1.165) is 0 Å². The molecule has 1 aromatic rings. The number of hydrogen-bond acceptors (Lipinski definition) is 5. The van der Waals surface area contributed by atoms with E-state index in [1.807, 2.05) is 0 Å². The van der Waals surface area contributed by atoms with Crippen LogP contribution in [0.15, 0.2) is 12.3 Å². The molecule has 2 heterocycles. The summed E-state index contributed by atoms with van der Waals surface area (Å²) in [7, 11) is -6.77. The van der Waals surface area contributed by atoms with Crippen LogP contribution < -0.4 is 4.72 Å². The Morgan fingerprint density at radius 1 is 1.35 bits per heavy atom. The third-order valence-corrected chi connectivity index (χ3v) is 7.14. The molecule has 20 heavy (non-hydrogen) atoms. The Kier molecular flexibility index (Phi) is 4.27. The van der Waals surface area contributed by atoms with Gasteiger partial charge in [0, 0.05) is 6.20 Å². The van der Waals surface area contributed by atoms with Crippen molar-refractivity contribution in [3.05, 3.63) is 23.0 Å². The zero-order valence-electron chi connectivity index (χ0n) is 10.8. The molecule has 1 fully saturated rings. The summed E-state index contributed by atoms with van der Waals surface area (Å²) >= 11 is 5.89. The minimum Gasteiger partial charge on any atom is -0.280 e. The minimum atomic E-state index is -3.67. The Morgan fingerprint density at radius 3 is 2.50 bits per heavy atom. The van der Waals surface area contributed by atoms with Crippen LogP contribution in [0.4, 0.5) is 5.69 Å². The summed E-state index contributed by atoms with van der Waals surface area (Å²) in [4.78, 5) is 3.83. The lowest BCUT2D eigenvalue weighted by Gasteiger charge is -2.23. The van der Waals surface area contributed by atoms with E-state index in [1.165, 1.54) is 6.20 Å². The van der Waals surface area contributed by atoms with Crippen molar-refractivity contribution in [3.8, 4) is 0 Å². The van der Waals surface area contributed by atoms with Crippen molar-refractivity contribution in [1.82, 2.24) is 4.98 Å². The number of pyridine rings is 1. The van der Waals surface area contributed by atoms with Crippen molar-refractivity contribution in [2.24, 2.45) is 0 Å². The van der Waals surface area contributed by atoms with E-state index in [-0.39, 0.29) is 35.2 Å². The Labute approximate surface area is 123 Å². The largest absolute Gasteiger partial charge is 0.280 e. The van der Waals surface area contributed by atoms with Crippen LogP contribution in [0.5, 0.6) is 0 Å². The number of aromatic nitrogens is 1. The van der Waals surface area contributed by atoms with Gasteiger partial charge < -0.3 is 0 Å². The first-order chi connectivity index (χ1) is 9.21. The quantitative estimate of drug-likeness (QED) is 0.840. The van der Waals surface area contributed by atoms with E-state index >= 15 is 0 Å². The maximum atomic E-state index is 12.3. The van der Waals surface area contributed by atoms with E-state index in [0.29, 0.717) is 5.56 Å². The fraction of sp³-hybridized carbons (Fsp3) is 0.545. The molecule has 0 aromatic carbocycles. The van der Waals surface area contributed by atoms with Crippen molar-refractivity contribution < 1.29 is 16.8 Å². The summed E-state index contributed by atoms with van der Waals surface area (Å²) in [5.41, 5.74) is 0.916. The minimum absolute atomic E-state index is 0.0806. The molecule has 112 valence electrons. The zero-order valence-corrected chi connectivity index (χ0v) is 13.2. The van der Waals surface area contributed by atoms with Crippen LogP contribution in [-0.4, -0.2) is 38.6 Å². The number of nitrogens with zero attached hydrogens (tertiary/aromatic N) is 1. The summed E-state index contributed by atoms with van der Waals surface area (Å²) < 4.78 is 49.7. The highest BCUT2D eigenvalue weighted by Gasteiger charge is 2.33. The van der Waals surface area contributed by atoms with Crippen molar-refractivity contribution in [3.63, 3.8) is 0 Å². The average molecular weight is 339 g/mol. The molecule has 1 saturated heterocycles. The van der Waals surface area contributed by atoms with Gasteiger partial charge in [-0.3, -0.25) is 4.72 Å². The lowest BCUT2D eigenvalue weighted by molar-refractivity contribution is 0.555. The summed E-state index contributed by atoms with van der Waals surface area (Å²) in [5, 5.41) is -0.640. The normalized spacial score (nSPS) is 19.7.